The Morgan fingerprint density at radius 2 is 2.31 bits per heavy atom. The SMILES string of the molecule is CCC(C)NC(=O)CN1CCNC[C@@H]1C.Cl. The maximum Gasteiger partial charge on any atom is 0.234 e. The van der Waals surface area contributed by atoms with Gasteiger partial charge in [-0.1, -0.05) is 6.92 Å². The van der Waals surface area contributed by atoms with Crippen molar-refractivity contribution < 1.29 is 4.79 Å². The maximum absolute atomic E-state index is 11.7. The highest BCUT2D eigenvalue weighted by molar-refractivity contribution is 5.85. The number of rotatable bonds is 4. The van der Waals surface area contributed by atoms with Crippen molar-refractivity contribution >= 4 is 18.3 Å². The van der Waals surface area contributed by atoms with Gasteiger partial charge in [-0.3, -0.25) is 9.69 Å². The first-order valence-corrected chi connectivity index (χ1v) is 5.87. The zero-order valence-electron chi connectivity index (χ0n) is 10.5. The van der Waals surface area contributed by atoms with Crippen LogP contribution in [0.1, 0.15) is 27.2 Å². The van der Waals surface area contributed by atoms with Crippen LogP contribution in [0.2, 0.25) is 0 Å². The molecule has 1 fully saturated rings. The van der Waals surface area contributed by atoms with Crippen LogP contribution in [0.4, 0.5) is 0 Å². The molecule has 0 aromatic carbocycles. The molecular formula is C11H24ClN3O. The highest BCUT2D eigenvalue weighted by atomic mass is 35.5. The largest absolute Gasteiger partial charge is 0.353 e. The van der Waals surface area contributed by atoms with Crippen LogP contribution in [-0.2, 0) is 4.79 Å². The van der Waals surface area contributed by atoms with Crippen molar-refractivity contribution in [3.8, 4) is 0 Å². The predicted molar refractivity (Wildman–Crippen MR) is 69.0 cm³/mol. The number of nitrogens with one attached hydrogen (secondary N) is 2. The second-order valence-corrected chi connectivity index (χ2v) is 4.40. The Morgan fingerprint density at radius 1 is 1.62 bits per heavy atom. The summed E-state index contributed by atoms with van der Waals surface area (Å²) in [5.41, 5.74) is 0. The van der Waals surface area contributed by atoms with E-state index in [1.165, 1.54) is 0 Å². The van der Waals surface area contributed by atoms with E-state index in [1.54, 1.807) is 0 Å². The van der Waals surface area contributed by atoms with Crippen LogP contribution in [0.5, 0.6) is 0 Å². The zero-order chi connectivity index (χ0) is 11.3. The van der Waals surface area contributed by atoms with E-state index >= 15 is 0 Å². The van der Waals surface area contributed by atoms with Crippen molar-refractivity contribution in [1.29, 1.82) is 0 Å². The van der Waals surface area contributed by atoms with Gasteiger partial charge >= 0.3 is 0 Å². The highest BCUT2D eigenvalue weighted by Crippen LogP contribution is 2.01. The lowest BCUT2D eigenvalue weighted by Gasteiger charge is -2.33. The first-order chi connectivity index (χ1) is 7.13. The van der Waals surface area contributed by atoms with Gasteiger partial charge in [-0.15, -0.1) is 12.4 Å². The Balaban J connectivity index is 0.00000225. The van der Waals surface area contributed by atoms with Gasteiger partial charge in [-0.25, -0.2) is 0 Å². The third-order valence-corrected chi connectivity index (χ3v) is 3.01. The second-order valence-electron chi connectivity index (χ2n) is 4.40. The molecule has 1 saturated heterocycles. The molecule has 1 unspecified atom stereocenters. The molecule has 0 spiro atoms. The Bertz CT molecular complexity index is 213. The van der Waals surface area contributed by atoms with Gasteiger partial charge in [0, 0.05) is 31.7 Å². The molecule has 2 atom stereocenters. The molecule has 1 aliphatic heterocycles. The summed E-state index contributed by atoms with van der Waals surface area (Å²) >= 11 is 0. The molecule has 0 aromatic rings. The molecule has 1 amide bonds. The average Bonchev–Trinajstić information content (AvgIpc) is 2.21. The van der Waals surface area contributed by atoms with E-state index in [4.69, 9.17) is 0 Å². The van der Waals surface area contributed by atoms with Crippen LogP contribution in [0, 0.1) is 0 Å². The van der Waals surface area contributed by atoms with E-state index in [-0.39, 0.29) is 24.4 Å². The average molecular weight is 250 g/mol. The number of halogens is 1. The monoisotopic (exact) mass is 249 g/mol. The van der Waals surface area contributed by atoms with E-state index in [1.807, 2.05) is 6.92 Å². The summed E-state index contributed by atoms with van der Waals surface area (Å²) in [6.45, 7) is 9.75. The Hall–Kier alpha value is -0.320. The lowest BCUT2D eigenvalue weighted by Crippen LogP contribution is -2.53. The van der Waals surface area contributed by atoms with Gasteiger partial charge in [-0.2, -0.15) is 0 Å². The molecule has 96 valence electrons. The Morgan fingerprint density at radius 3 is 2.88 bits per heavy atom. The quantitative estimate of drug-likeness (QED) is 0.768. The molecular weight excluding hydrogens is 226 g/mol. The molecule has 2 N–H and O–H groups in total. The normalized spacial score (nSPS) is 23.3. The number of piperazine rings is 1. The van der Waals surface area contributed by atoms with Gasteiger partial charge in [0.25, 0.3) is 0 Å². The van der Waals surface area contributed by atoms with Crippen LogP contribution >= 0.6 is 12.4 Å². The van der Waals surface area contributed by atoms with Crippen LogP contribution < -0.4 is 10.6 Å². The zero-order valence-corrected chi connectivity index (χ0v) is 11.3. The number of hydrogen-bond donors (Lipinski definition) is 2. The molecule has 16 heavy (non-hydrogen) atoms. The van der Waals surface area contributed by atoms with E-state index < -0.39 is 0 Å². The van der Waals surface area contributed by atoms with Crippen molar-refractivity contribution in [2.24, 2.45) is 0 Å². The summed E-state index contributed by atoms with van der Waals surface area (Å²) < 4.78 is 0. The van der Waals surface area contributed by atoms with Gasteiger partial charge < -0.3 is 10.6 Å². The minimum Gasteiger partial charge on any atom is -0.353 e. The fourth-order valence-electron chi connectivity index (χ4n) is 1.72. The predicted octanol–water partition coefficient (Wildman–Crippen LogP) is 0.617. The van der Waals surface area contributed by atoms with Crippen molar-refractivity contribution in [2.45, 2.75) is 39.3 Å². The lowest BCUT2D eigenvalue weighted by molar-refractivity contribution is -0.123. The summed E-state index contributed by atoms with van der Waals surface area (Å²) in [6.07, 6.45) is 0.989. The molecule has 1 rings (SSSR count). The summed E-state index contributed by atoms with van der Waals surface area (Å²) in [5, 5.41) is 6.31. The van der Waals surface area contributed by atoms with Crippen molar-refractivity contribution in [1.82, 2.24) is 15.5 Å². The number of carbonyl (C=O) groups is 1. The fourth-order valence-corrected chi connectivity index (χ4v) is 1.72. The second kappa shape index (κ2) is 7.87. The first kappa shape index (κ1) is 15.7. The standard InChI is InChI=1S/C11H23N3O.ClH/c1-4-9(2)13-11(15)8-14-6-5-12-7-10(14)3;/h9-10,12H,4-8H2,1-3H3,(H,13,15);1H/t9?,10-;/m0./s1. The molecule has 1 aliphatic rings. The third-order valence-electron chi connectivity index (χ3n) is 3.01. The summed E-state index contributed by atoms with van der Waals surface area (Å²) in [5.74, 6) is 0.151. The van der Waals surface area contributed by atoms with Crippen molar-refractivity contribution in [3.63, 3.8) is 0 Å². The van der Waals surface area contributed by atoms with E-state index in [0.717, 1.165) is 26.1 Å². The minimum absolute atomic E-state index is 0. The van der Waals surface area contributed by atoms with E-state index in [9.17, 15) is 4.79 Å². The maximum atomic E-state index is 11.7. The molecule has 5 heteroatoms. The van der Waals surface area contributed by atoms with Gasteiger partial charge in [0.2, 0.25) is 5.91 Å². The Labute approximate surface area is 105 Å². The molecule has 0 saturated carbocycles. The van der Waals surface area contributed by atoms with E-state index in [0.29, 0.717) is 12.6 Å². The molecule has 1 heterocycles. The van der Waals surface area contributed by atoms with Crippen molar-refractivity contribution in [2.75, 3.05) is 26.2 Å². The van der Waals surface area contributed by atoms with Crippen LogP contribution in [-0.4, -0.2) is 49.1 Å². The van der Waals surface area contributed by atoms with Gasteiger partial charge in [0.05, 0.1) is 6.54 Å². The summed E-state index contributed by atoms with van der Waals surface area (Å²) in [4.78, 5) is 13.9. The highest BCUT2D eigenvalue weighted by Gasteiger charge is 2.20. The minimum atomic E-state index is 0. The van der Waals surface area contributed by atoms with E-state index in [2.05, 4.69) is 29.4 Å². The lowest BCUT2D eigenvalue weighted by atomic mass is 10.2. The molecule has 0 bridgehead atoms. The topological polar surface area (TPSA) is 44.4 Å². The van der Waals surface area contributed by atoms with Gasteiger partial charge in [0.1, 0.15) is 0 Å². The number of amides is 1. The smallest absolute Gasteiger partial charge is 0.234 e. The van der Waals surface area contributed by atoms with Crippen molar-refractivity contribution in [3.05, 3.63) is 0 Å². The van der Waals surface area contributed by atoms with Gasteiger partial charge in [-0.05, 0) is 20.3 Å². The van der Waals surface area contributed by atoms with Crippen LogP contribution in [0.15, 0.2) is 0 Å². The van der Waals surface area contributed by atoms with Crippen LogP contribution in [0.3, 0.4) is 0 Å². The Kier molecular flexibility index (Phi) is 7.72. The van der Waals surface area contributed by atoms with Gasteiger partial charge in [0.15, 0.2) is 0 Å². The fraction of sp³-hybridized carbons (Fsp3) is 0.909. The summed E-state index contributed by atoms with van der Waals surface area (Å²) in [7, 11) is 0. The number of nitrogens with zero attached hydrogens (tertiary/aromatic N) is 1. The first-order valence-electron chi connectivity index (χ1n) is 5.87. The van der Waals surface area contributed by atoms with Crippen LogP contribution in [0.25, 0.3) is 0 Å². The molecule has 0 aliphatic carbocycles. The molecule has 4 nitrogen and oxygen atoms in total. The molecule has 0 aromatic heterocycles. The number of hydrogen-bond acceptors (Lipinski definition) is 3. The number of carbonyl (C=O) groups excluding carboxylic acids is 1. The third kappa shape index (κ3) is 5.14. The summed E-state index contributed by atoms with van der Waals surface area (Å²) in [6, 6.07) is 0.747. The molecule has 0 radical (unpaired) electrons.